The summed E-state index contributed by atoms with van der Waals surface area (Å²) < 4.78 is 5.77. The minimum absolute atomic E-state index is 0.118. The molecule has 0 unspecified atom stereocenters. The zero-order valence-corrected chi connectivity index (χ0v) is 21.0. The van der Waals surface area contributed by atoms with Gasteiger partial charge >= 0.3 is 0 Å². The average Bonchev–Trinajstić information content (AvgIpc) is 2.79. The topological polar surface area (TPSA) is 58.6 Å². The van der Waals surface area contributed by atoms with Gasteiger partial charge in [0.25, 0.3) is 5.91 Å². The molecule has 1 aliphatic rings. The summed E-state index contributed by atoms with van der Waals surface area (Å²) in [6, 6.07) is 10.4. The normalized spacial score (nSPS) is 15.1. The first-order valence-electron chi connectivity index (χ1n) is 11.5. The Morgan fingerprint density at radius 3 is 2.36 bits per heavy atom. The van der Waals surface area contributed by atoms with Gasteiger partial charge in [-0.3, -0.25) is 9.59 Å². The Labute approximate surface area is 206 Å². The van der Waals surface area contributed by atoms with Crippen molar-refractivity contribution in [2.45, 2.75) is 71.5 Å². The van der Waals surface area contributed by atoms with Crippen LogP contribution in [0.5, 0.6) is 5.75 Å². The number of carbonyl (C=O) groups is 2. The molecule has 2 aromatic carbocycles. The lowest BCUT2D eigenvalue weighted by atomic mass is 9.95. The van der Waals surface area contributed by atoms with Crippen LogP contribution >= 0.6 is 23.2 Å². The van der Waals surface area contributed by atoms with Crippen molar-refractivity contribution in [1.29, 1.82) is 0 Å². The zero-order valence-electron chi connectivity index (χ0n) is 19.5. The molecule has 0 spiro atoms. The number of rotatable bonds is 8. The van der Waals surface area contributed by atoms with Crippen LogP contribution in [0.3, 0.4) is 0 Å². The van der Waals surface area contributed by atoms with Crippen molar-refractivity contribution >= 4 is 35.0 Å². The maximum atomic E-state index is 13.3. The van der Waals surface area contributed by atoms with Gasteiger partial charge in [-0.25, -0.2) is 0 Å². The highest BCUT2D eigenvalue weighted by Gasteiger charge is 2.29. The molecule has 0 heterocycles. The summed E-state index contributed by atoms with van der Waals surface area (Å²) in [5.41, 5.74) is 2.84. The van der Waals surface area contributed by atoms with Gasteiger partial charge in [-0.15, -0.1) is 0 Å². The van der Waals surface area contributed by atoms with Crippen molar-refractivity contribution in [3.8, 4) is 5.75 Å². The van der Waals surface area contributed by atoms with Crippen LogP contribution in [0.1, 0.15) is 55.7 Å². The van der Waals surface area contributed by atoms with E-state index in [1.54, 1.807) is 25.1 Å². The molecule has 33 heavy (non-hydrogen) atoms. The predicted molar refractivity (Wildman–Crippen MR) is 133 cm³/mol. The van der Waals surface area contributed by atoms with Crippen LogP contribution in [-0.2, 0) is 16.1 Å². The number of carbonyl (C=O) groups excluding carboxylic acids is 2. The molecule has 7 heteroatoms. The van der Waals surface area contributed by atoms with Crippen molar-refractivity contribution in [3.05, 3.63) is 63.1 Å². The van der Waals surface area contributed by atoms with Crippen molar-refractivity contribution in [1.82, 2.24) is 10.2 Å². The number of benzene rings is 2. The number of halogens is 2. The van der Waals surface area contributed by atoms with Gasteiger partial charge in [0.15, 0.2) is 6.61 Å². The molecule has 3 rings (SSSR count). The summed E-state index contributed by atoms with van der Waals surface area (Å²) in [5, 5.41) is 4.02. The second-order valence-corrected chi connectivity index (χ2v) is 9.59. The summed E-state index contributed by atoms with van der Waals surface area (Å²) >= 11 is 12.7. The number of hydrogen-bond acceptors (Lipinski definition) is 3. The van der Waals surface area contributed by atoms with E-state index in [4.69, 9.17) is 27.9 Å². The highest BCUT2D eigenvalue weighted by atomic mass is 35.5. The summed E-state index contributed by atoms with van der Waals surface area (Å²) in [5.74, 6) is 0.126. The molecule has 2 amide bonds. The molecule has 1 N–H and O–H groups in total. The van der Waals surface area contributed by atoms with Crippen LogP contribution in [0.4, 0.5) is 0 Å². The molecule has 1 atom stereocenters. The molecule has 0 aromatic heterocycles. The second kappa shape index (κ2) is 11.8. The van der Waals surface area contributed by atoms with E-state index in [-0.39, 0.29) is 31.0 Å². The summed E-state index contributed by atoms with van der Waals surface area (Å²) in [6.07, 6.45) is 5.37. The van der Waals surface area contributed by atoms with Gasteiger partial charge in [0.1, 0.15) is 11.8 Å². The molecule has 0 bridgehead atoms. The van der Waals surface area contributed by atoms with E-state index in [1.165, 1.54) is 11.3 Å². The average molecular weight is 491 g/mol. The fourth-order valence-corrected chi connectivity index (χ4v) is 4.55. The van der Waals surface area contributed by atoms with Crippen LogP contribution < -0.4 is 10.1 Å². The highest BCUT2D eigenvalue weighted by molar-refractivity contribution is 6.36. The van der Waals surface area contributed by atoms with Gasteiger partial charge in [0, 0.05) is 28.2 Å². The van der Waals surface area contributed by atoms with E-state index in [9.17, 15) is 9.59 Å². The number of nitrogens with one attached hydrogen (secondary N) is 1. The van der Waals surface area contributed by atoms with Crippen LogP contribution in [0.15, 0.2) is 36.4 Å². The number of amides is 2. The number of ether oxygens (including phenoxy) is 1. The van der Waals surface area contributed by atoms with Gasteiger partial charge in [-0.2, -0.15) is 0 Å². The number of nitrogens with zero attached hydrogens (tertiary/aromatic N) is 1. The monoisotopic (exact) mass is 490 g/mol. The second-order valence-electron chi connectivity index (χ2n) is 8.78. The molecular weight excluding hydrogens is 459 g/mol. The Morgan fingerprint density at radius 2 is 1.73 bits per heavy atom. The third kappa shape index (κ3) is 6.87. The van der Waals surface area contributed by atoms with E-state index in [2.05, 4.69) is 5.32 Å². The lowest BCUT2D eigenvalue weighted by Gasteiger charge is -2.31. The third-order valence-corrected chi connectivity index (χ3v) is 7.06. The van der Waals surface area contributed by atoms with Gasteiger partial charge in [0.2, 0.25) is 5.91 Å². The Bertz CT molecular complexity index is 969. The molecule has 2 aromatic rings. The number of hydrogen-bond donors (Lipinski definition) is 1. The third-order valence-electron chi connectivity index (χ3n) is 6.35. The van der Waals surface area contributed by atoms with Crippen LogP contribution in [0, 0.1) is 13.8 Å². The van der Waals surface area contributed by atoms with Gasteiger partial charge in [-0.1, -0.05) is 54.6 Å². The standard InChI is InChI=1S/C26H32Cl2N2O3/c1-17-12-13-21(14-18(17)2)33-16-25(31)30(15-22-23(27)10-7-11-24(22)28)19(3)26(32)29-20-8-5-4-6-9-20/h7,10-14,19-20H,4-6,8-9,15-16H2,1-3H3,(H,29,32)/t19-/m1/s1. The lowest BCUT2D eigenvalue weighted by Crippen LogP contribution is -2.51. The van der Waals surface area contributed by atoms with Gasteiger partial charge < -0.3 is 15.0 Å². The van der Waals surface area contributed by atoms with E-state index in [0.717, 1.165) is 36.8 Å². The lowest BCUT2D eigenvalue weighted by molar-refractivity contribution is -0.142. The van der Waals surface area contributed by atoms with Crippen molar-refractivity contribution in [2.75, 3.05) is 6.61 Å². The Kier molecular flexibility index (Phi) is 9.04. The smallest absolute Gasteiger partial charge is 0.261 e. The molecule has 0 saturated heterocycles. The van der Waals surface area contributed by atoms with Gasteiger partial charge in [0.05, 0.1) is 0 Å². The van der Waals surface area contributed by atoms with Crippen LogP contribution in [0.25, 0.3) is 0 Å². The zero-order chi connectivity index (χ0) is 24.0. The fraction of sp³-hybridized carbons (Fsp3) is 0.462. The van der Waals surface area contributed by atoms with Gasteiger partial charge in [-0.05, 0) is 69.0 Å². The Morgan fingerprint density at radius 1 is 1.06 bits per heavy atom. The minimum atomic E-state index is -0.699. The molecule has 0 aliphatic heterocycles. The van der Waals surface area contributed by atoms with E-state index >= 15 is 0 Å². The molecule has 5 nitrogen and oxygen atoms in total. The summed E-state index contributed by atoms with van der Waals surface area (Å²) in [4.78, 5) is 27.8. The van der Waals surface area contributed by atoms with Crippen molar-refractivity contribution in [3.63, 3.8) is 0 Å². The molecule has 178 valence electrons. The Balaban J connectivity index is 1.76. The van der Waals surface area contributed by atoms with Crippen molar-refractivity contribution < 1.29 is 14.3 Å². The fourth-order valence-electron chi connectivity index (χ4n) is 4.04. The Hall–Kier alpha value is -2.24. The maximum absolute atomic E-state index is 13.3. The quantitative estimate of drug-likeness (QED) is 0.504. The molecule has 1 fully saturated rings. The first kappa shape index (κ1) is 25.4. The molecular formula is C26H32Cl2N2O3. The first-order chi connectivity index (χ1) is 15.8. The first-order valence-corrected chi connectivity index (χ1v) is 12.2. The highest BCUT2D eigenvalue weighted by Crippen LogP contribution is 2.27. The summed E-state index contributed by atoms with van der Waals surface area (Å²) in [7, 11) is 0. The predicted octanol–water partition coefficient (Wildman–Crippen LogP) is 5.86. The summed E-state index contributed by atoms with van der Waals surface area (Å²) in [6.45, 7) is 5.68. The van der Waals surface area contributed by atoms with E-state index in [0.29, 0.717) is 21.4 Å². The SMILES string of the molecule is Cc1ccc(OCC(=O)N(Cc2c(Cl)cccc2Cl)[C@H](C)C(=O)NC2CCCCC2)cc1C. The maximum Gasteiger partial charge on any atom is 0.261 e. The van der Waals surface area contributed by atoms with E-state index < -0.39 is 6.04 Å². The van der Waals surface area contributed by atoms with E-state index in [1.807, 2.05) is 32.0 Å². The molecule has 1 saturated carbocycles. The van der Waals surface area contributed by atoms with Crippen LogP contribution in [0.2, 0.25) is 10.0 Å². The largest absolute Gasteiger partial charge is 0.484 e. The minimum Gasteiger partial charge on any atom is -0.484 e. The number of aryl methyl sites for hydroxylation is 2. The molecule has 0 radical (unpaired) electrons. The molecule has 1 aliphatic carbocycles. The van der Waals surface area contributed by atoms with Crippen molar-refractivity contribution in [2.24, 2.45) is 0 Å². The van der Waals surface area contributed by atoms with Crippen LogP contribution in [-0.4, -0.2) is 35.4 Å².